The van der Waals surface area contributed by atoms with Crippen LogP contribution in [0.3, 0.4) is 0 Å². The Balaban J connectivity index is 2.07. The van der Waals surface area contributed by atoms with Gasteiger partial charge in [0.1, 0.15) is 0 Å². The summed E-state index contributed by atoms with van der Waals surface area (Å²) in [6, 6.07) is 1.92. The molecule has 3 N–H and O–H groups in total. The van der Waals surface area contributed by atoms with Crippen molar-refractivity contribution in [3.63, 3.8) is 0 Å². The third-order valence-corrected chi connectivity index (χ3v) is 6.00. The van der Waals surface area contributed by atoms with Gasteiger partial charge in [0.2, 0.25) is 0 Å². The molecule has 0 aliphatic heterocycles. The van der Waals surface area contributed by atoms with E-state index in [1.807, 2.05) is 0 Å². The monoisotopic (exact) mass is 352 g/mol. The first-order chi connectivity index (χ1) is 12.2. The van der Waals surface area contributed by atoms with Gasteiger partial charge >= 0.3 is 0 Å². The van der Waals surface area contributed by atoms with Gasteiger partial charge in [-0.3, -0.25) is 0 Å². The average molecular weight is 353 g/mol. The second-order valence-electron chi connectivity index (χ2n) is 8.71. The molecule has 0 heterocycles. The lowest BCUT2D eigenvalue weighted by Gasteiger charge is -2.23. The predicted octanol–water partition coefficient (Wildman–Crippen LogP) is 6.72. The Labute approximate surface area is 159 Å². The van der Waals surface area contributed by atoms with Crippen LogP contribution in [-0.2, 0) is 0 Å². The first kappa shape index (κ1) is 23.0. The lowest BCUT2D eigenvalue weighted by molar-refractivity contribution is 0.364. The van der Waals surface area contributed by atoms with Crippen LogP contribution >= 0.6 is 0 Å². The zero-order valence-corrected chi connectivity index (χ0v) is 17.5. The van der Waals surface area contributed by atoms with Crippen LogP contribution in [0.25, 0.3) is 0 Å². The molecule has 1 aliphatic carbocycles. The maximum absolute atomic E-state index is 6.10. The van der Waals surface area contributed by atoms with E-state index in [1.165, 1.54) is 116 Å². The Morgan fingerprint density at radius 1 is 0.760 bits per heavy atom. The van der Waals surface area contributed by atoms with Crippen molar-refractivity contribution in [2.75, 3.05) is 0 Å². The molecule has 1 fully saturated rings. The lowest BCUT2D eigenvalue weighted by Crippen LogP contribution is -2.36. The Hall–Kier alpha value is -0.0800. The van der Waals surface area contributed by atoms with Crippen molar-refractivity contribution in [1.82, 2.24) is 5.32 Å². The Morgan fingerprint density at radius 2 is 1.28 bits per heavy atom. The first-order valence-electron chi connectivity index (χ1n) is 11.7. The smallest absolute Gasteiger partial charge is 0.00695 e. The molecular weight excluding hydrogens is 304 g/mol. The van der Waals surface area contributed by atoms with Crippen molar-refractivity contribution in [2.24, 2.45) is 5.73 Å². The zero-order chi connectivity index (χ0) is 18.2. The summed E-state index contributed by atoms with van der Waals surface area (Å²) in [6.07, 6.45) is 24.9. The molecule has 2 atom stereocenters. The van der Waals surface area contributed by atoms with Crippen LogP contribution in [0.15, 0.2) is 0 Å². The molecule has 0 spiro atoms. The summed E-state index contributed by atoms with van der Waals surface area (Å²) >= 11 is 0. The zero-order valence-electron chi connectivity index (χ0n) is 17.5. The minimum Gasteiger partial charge on any atom is -0.328 e. The standard InChI is InChI=1S/C23H48N2/c1-3-16-22(24)18-13-11-10-12-17-21(2)25-23-19-14-8-6-4-5-7-9-15-20-23/h21-23,25H,3-20,24H2,1-2H3. The fourth-order valence-corrected chi connectivity index (χ4v) is 4.36. The maximum Gasteiger partial charge on any atom is 0.00695 e. The molecule has 0 aromatic heterocycles. The van der Waals surface area contributed by atoms with Gasteiger partial charge in [0.05, 0.1) is 0 Å². The summed E-state index contributed by atoms with van der Waals surface area (Å²) in [5.74, 6) is 0. The van der Waals surface area contributed by atoms with Crippen LogP contribution in [0.2, 0.25) is 0 Å². The van der Waals surface area contributed by atoms with Gasteiger partial charge in [-0.2, -0.15) is 0 Å². The first-order valence-corrected chi connectivity index (χ1v) is 11.7. The normalized spacial score (nSPS) is 20.8. The van der Waals surface area contributed by atoms with E-state index < -0.39 is 0 Å². The minimum atomic E-state index is 0.447. The average Bonchev–Trinajstić information content (AvgIpc) is 2.64. The largest absolute Gasteiger partial charge is 0.328 e. The van der Waals surface area contributed by atoms with Crippen molar-refractivity contribution in [3.05, 3.63) is 0 Å². The molecule has 150 valence electrons. The highest BCUT2D eigenvalue weighted by Crippen LogP contribution is 2.18. The van der Waals surface area contributed by atoms with Gasteiger partial charge < -0.3 is 11.1 Å². The van der Waals surface area contributed by atoms with E-state index in [9.17, 15) is 0 Å². The molecule has 2 unspecified atom stereocenters. The summed E-state index contributed by atoms with van der Waals surface area (Å²) in [7, 11) is 0. The topological polar surface area (TPSA) is 38.0 Å². The highest BCUT2D eigenvalue weighted by atomic mass is 14.9. The molecule has 25 heavy (non-hydrogen) atoms. The molecule has 0 radical (unpaired) electrons. The Morgan fingerprint density at radius 3 is 1.84 bits per heavy atom. The summed E-state index contributed by atoms with van der Waals surface area (Å²) < 4.78 is 0. The number of unbranched alkanes of at least 4 members (excludes halogenated alkanes) is 3. The molecule has 2 heteroatoms. The number of hydrogen-bond donors (Lipinski definition) is 2. The number of rotatable bonds is 11. The fourth-order valence-electron chi connectivity index (χ4n) is 4.36. The second kappa shape index (κ2) is 16.1. The third kappa shape index (κ3) is 13.7. The van der Waals surface area contributed by atoms with Crippen molar-refractivity contribution < 1.29 is 0 Å². The minimum absolute atomic E-state index is 0.447. The van der Waals surface area contributed by atoms with Crippen LogP contribution in [0, 0.1) is 0 Å². The van der Waals surface area contributed by atoms with E-state index >= 15 is 0 Å². The van der Waals surface area contributed by atoms with Crippen molar-refractivity contribution in [1.29, 1.82) is 0 Å². The van der Waals surface area contributed by atoms with E-state index in [0.29, 0.717) is 12.1 Å². The van der Waals surface area contributed by atoms with E-state index in [4.69, 9.17) is 5.73 Å². The molecule has 0 bridgehead atoms. The quantitative estimate of drug-likeness (QED) is 0.405. The Kier molecular flexibility index (Phi) is 14.8. The van der Waals surface area contributed by atoms with Crippen LogP contribution in [0.1, 0.15) is 129 Å². The summed E-state index contributed by atoms with van der Waals surface area (Å²) in [6.45, 7) is 4.64. The number of nitrogens with two attached hydrogens (primary N) is 1. The van der Waals surface area contributed by atoms with Crippen molar-refractivity contribution >= 4 is 0 Å². The molecular formula is C23H48N2. The fraction of sp³-hybridized carbons (Fsp3) is 1.00. The van der Waals surface area contributed by atoms with Crippen molar-refractivity contribution in [2.45, 2.75) is 148 Å². The van der Waals surface area contributed by atoms with Crippen LogP contribution < -0.4 is 11.1 Å². The van der Waals surface area contributed by atoms with Crippen LogP contribution in [0.4, 0.5) is 0 Å². The lowest BCUT2D eigenvalue weighted by atomic mass is 10.00. The van der Waals surface area contributed by atoms with Crippen LogP contribution in [-0.4, -0.2) is 18.1 Å². The molecule has 1 rings (SSSR count). The second-order valence-corrected chi connectivity index (χ2v) is 8.71. The highest BCUT2D eigenvalue weighted by molar-refractivity contribution is 4.73. The Bertz CT molecular complexity index is 267. The van der Waals surface area contributed by atoms with E-state index in [1.54, 1.807) is 0 Å². The number of hydrogen-bond acceptors (Lipinski definition) is 2. The maximum atomic E-state index is 6.10. The third-order valence-electron chi connectivity index (χ3n) is 6.00. The van der Waals surface area contributed by atoms with E-state index in [-0.39, 0.29) is 0 Å². The SMILES string of the molecule is CCCC(N)CCCCCCC(C)NC1CCCCCCCCCC1. The van der Waals surface area contributed by atoms with Gasteiger partial charge in [-0.15, -0.1) is 0 Å². The molecule has 0 saturated heterocycles. The summed E-state index contributed by atoms with van der Waals surface area (Å²) in [5, 5.41) is 3.96. The van der Waals surface area contributed by atoms with Gasteiger partial charge in [-0.1, -0.05) is 90.4 Å². The molecule has 0 aromatic carbocycles. The van der Waals surface area contributed by atoms with Gasteiger partial charge in [0.15, 0.2) is 0 Å². The molecule has 1 aliphatic rings. The van der Waals surface area contributed by atoms with Gasteiger partial charge in [0.25, 0.3) is 0 Å². The molecule has 2 nitrogen and oxygen atoms in total. The van der Waals surface area contributed by atoms with E-state index in [2.05, 4.69) is 19.2 Å². The summed E-state index contributed by atoms with van der Waals surface area (Å²) in [5.41, 5.74) is 6.10. The molecule has 0 amide bonds. The molecule has 1 saturated carbocycles. The number of nitrogens with one attached hydrogen (secondary N) is 1. The molecule has 0 aromatic rings. The van der Waals surface area contributed by atoms with Gasteiger partial charge in [-0.25, -0.2) is 0 Å². The highest BCUT2D eigenvalue weighted by Gasteiger charge is 2.12. The van der Waals surface area contributed by atoms with Crippen molar-refractivity contribution in [3.8, 4) is 0 Å². The van der Waals surface area contributed by atoms with Crippen LogP contribution in [0.5, 0.6) is 0 Å². The van der Waals surface area contributed by atoms with Gasteiger partial charge in [0, 0.05) is 18.1 Å². The van der Waals surface area contributed by atoms with E-state index in [0.717, 1.165) is 6.04 Å². The van der Waals surface area contributed by atoms with Gasteiger partial charge in [-0.05, 0) is 39.0 Å². The summed E-state index contributed by atoms with van der Waals surface area (Å²) in [4.78, 5) is 0. The predicted molar refractivity (Wildman–Crippen MR) is 113 cm³/mol.